The summed E-state index contributed by atoms with van der Waals surface area (Å²) in [5.74, 6) is 0. The molecule has 0 radical (unpaired) electrons. The lowest BCUT2D eigenvalue weighted by atomic mass is 10.3. The molecule has 0 heterocycles. The van der Waals surface area contributed by atoms with Crippen LogP contribution in [0.25, 0.3) is 0 Å². The molecule has 16 heavy (non-hydrogen) atoms. The van der Waals surface area contributed by atoms with Crippen LogP contribution in [0.1, 0.15) is 26.7 Å². The third-order valence-corrected chi connectivity index (χ3v) is 1.65. The topological polar surface area (TPSA) is 9.23 Å². The van der Waals surface area contributed by atoms with Crippen LogP contribution in [-0.2, 0) is 4.74 Å². The summed E-state index contributed by atoms with van der Waals surface area (Å²) >= 11 is 0. The first kappa shape index (κ1) is 14.5. The molecule has 1 nitrogen and oxygen atoms in total. The Balaban J connectivity index is 3.58. The van der Waals surface area contributed by atoms with Crippen molar-refractivity contribution < 1.29 is 4.74 Å². The zero-order valence-corrected chi connectivity index (χ0v) is 10.3. The smallest absolute Gasteiger partial charge is 0.0870 e. The fourth-order valence-corrected chi connectivity index (χ4v) is 0.886. The van der Waals surface area contributed by atoms with E-state index in [2.05, 4.69) is 19.9 Å². The summed E-state index contributed by atoms with van der Waals surface area (Å²) in [6.07, 6.45) is 21.8. The van der Waals surface area contributed by atoms with Crippen LogP contribution in [0, 0.1) is 0 Å². The molecule has 0 N–H and O–H groups in total. The normalized spacial score (nSPS) is 13.1. The van der Waals surface area contributed by atoms with Crippen molar-refractivity contribution in [2.75, 3.05) is 6.61 Å². The molecule has 0 aromatic carbocycles. The maximum Gasteiger partial charge on any atom is 0.0870 e. The summed E-state index contributed by atoms with van der Waals surface area (Å²) in [4.78, 5) is 0. The minimum atomic E-state index is 0.784. The van der Waals surface area contributed by atoms with Crippen LogP contribution in [-0.4, -0.2) is 6.61 Å². The first-order valence-electron chi connectivity index (χ1n) is 5.85. The van der Waals surface area contributed by atoms with E-state index in [0.717, 1.165) is 19.4 Å². The summed E-state index contributed by atoms with van der Waals surface area (Å²) < 4.78 is 5.18. The molecule has 0 aliphatic carbocycles. The van der Waals surface area contributed by atoms with E-state index in [1.165, 1.54) is 0 Å². The van der Waals surface area contributed by atoms with Crippen molar-refractivity contribution in [3.05, 3.63) is 60.9 Å². The highest BCUT2D eigenvalue weighted by Gasteiger charge is 1.72. The third-order valence-electron chi connectivity index (χ3n) is 1.65. The Morgan fingerprint density at radius 1 is 0.750 bits per heavy atom. The van der Waals surface area contributed by atoms with Gasteiger partial charge in [-0.2, -0.15) is 0 Å². The number of hydrogen-bond acceptors (Lipinski definition) is 1. The highest BCUT2D eigenvalue weighted by Crippen LogP contribution is 1.86. The van der Waals surface area contributed by atoms with Gasteiger partial charge in [0.1, 0.15) is 0 Å². The third kappa shape index (κ3) is 12.5. The van der Waals surface area contributed by atoms with E-state index in [0.29, 0.717) is 0 Å². The van der Waals surface area contributed by atoms with E-state index in [-0.39, 0.29) is 0 Å². The molecular formula is C15H22O. The van der Waals surface area contributed by atoms with Crippen LogP contribution < -0.4 is 0 Å². The molecule has 0 aliphatic rings. The molecule has 0 saturated carbocycles. The number of hydrogen-bond donors (Lipinski definition) is 0. The second-order valence-corrected chi connectivity index (χ2v) is 3.19. The second kappa shape index (κ2) is 13.5. The van der Waals surface area contributed by atoms with E-state index < -0.39 is 0 Å². The van der Waals surface area contributed by atoms with Gasteiger partial charge in [0.2, 0.25) is 0 Å². The van der Waals surface area contributed by atoms with Crippen molar-refractivity contribution in [2.45, 2.75) is 26.7 Å². The number of ether oxygens (including phenoxy) is 1. The minimum absolute atomic E-state index is 0.784. The van der Waals surface area contributed by atoms with Gasteiger partial charge >= 0.3 is 0 Å². The van der Waals surface area contributed by atoms with Crippen LogP contribution in [0.4, 0.5) is 0 Å². The van der Waals surface area contributed by atoms with Gasteiger partial charge in [0.05, 0.1) is 12.9 Å². The number of rotatable bonds is 8. The summed E-state index contributed by atoms with van der Waals surface area (Å²) in [5.41, 5.74) is 0. The fraction of sp³-hybridized carbons (Fsp3) is 0.333. The number of allylic oxidation sites excluding steroid dienone is 9. The minimum Gasteiger partial charge on any atom is -0.501 e. The molecule has 0 aliphatic heterocycles. The van der Waals surface area contributed by atoms with Crippen molar-refractivity contribution in [1.82, 2.24) is 0 Å². The molecule has 0 bridgehead atoms. The highest BCUT2D eigenvalue weighted by molar-refractivity contribution is 5.17. The molecule has 0 rings (SSSR count). The van der Waals surface area contributed by atoms with E-state index in [4.69, 9.17) is 4.74 Å². The van der Waals surface area contributed by atoms with Gasteiger partial charge in [-0.05, 0) is 18.9 Å². The predicted molar refractivity (Wildman–Crippen MR) is 72.2 cm³/mol. The Bertz CT molecular complexity index is 267. The molecular weight excluding hydrogens is 196 g/mol. The molecule has 0 amide bonds. The second-order valence-electron chi connectivity index (χ2n) is 3.19. The Morgan fingerprint density at radius 2 is 1.31 bits per heavy atom. The SMILES string of the molecule is CC\C=C/C=C\C=C/C=C\C=C/OCCC. The molecule has 0 fully saturated rings. The van der Waals surface area contributed by atoms with Crippen LogP contribution >= 0.6 is 0 Å². The van der Waals surface area contributed by atoms with Gasteiger partial charge in [-0.15, -0.1) is 0 Å². The average Bonchev–Trinajstić information content (AvgIpc) is 2.31. The Morgan fingerprint density at radius 3 is 1.88 bits per heavy atom. The van der Waals surface area contributed by atoms with Crippen LogP contribution in [0.3, 0.4) is 0 Å². The van der Waals surface area contributed by atoms with Crippen molar-refractivity contribution in [3.63, 3.8) is 0 Å². The van der Waals surface area contributed by atoms with E-state index in [9.17, 15) is 0 Å². The maximum atomic E-state index is 5.18. The first-order valence-corrected chi connectivity index (χ1v) is 5.85. The van der Waals surface area contributed by atoms with Gasteiger partial charge in [0.25, 0.3) is 0 Å². The van der Waals surface area contributed by atoms with Crippen molar-refractivity contribution >= 4 is 0 Å². The molecule has 0 aromatic rings. The van der Waals surface area contributed by atoms with Crippen molar-refractivity contribution in [3.8, 4) is 0 Å². The summed E-state index contributed by atoms with van der Waals surface area (Å²) in [7, 11) is 0. The van der Waals surface area contributed by atoms with Gasteiger partial charge in [0.15, 0.2) is 0 Å². The molecule has 0 atom stereocenters. The van der Waals surface area contributed by atoms with Gasteiger partial charge < -0.3 is 4.74 Å². The highest BCUT2D eigenvalue weighted by atomic mass is 16.5. The molecule has 0 saturated heterocycles. The zero-order valence-electron chi connectivity index (χ0n) is 10.3. The van der Waals surface area contributed by atoms with Crippen molar-refractivity contribution in [1.29, 1.82) is 0 Å². The first-order chi connectivity index (χ1) is 7.91. The lowest BCUT2D eigenvalue weighted by Gasteiger charge is -1.92. The van der Waals surface area contributed by atoms with Crippen LogP contribution in [0.5, 0.6) is 0 Å². The molecule has 88 valence electrons. The lowest BCUT2D eigenvalue weighted by Crippen LogP contribution is -1.80. The average molecular weight is 218 g/mol. The quantitative estimate of drug-likeness (QED) is 0.329. The lowest BCUT2D eigenvalue weighted by molar-refractivity contribution is 0.250. The van der Waals surface area contributed by atoms with E-state index >= 15 is 0 Å². The summed E-state index contributed by atoms with van der Waals surface area (Å²) in [6, 6.07) is 0. The largest absolute Gasteiger partial charge is 0.501 e. The fourth-order valence-electron chi connectivity index (χ4n) is 0.886. The van der Waals surface area contributed by atoms with Crippen molar-refractivity contribution in [2.24, 2.45) is 0 Å². The zero-order chi connectivity index (χ0) is 11.9. The van der Waals surface area contributed by atoms with Gasteiger partial charge in [0, 0.05) is 0 Å². The standard InChI is InChI=1S/C15H22O/c1-3-5-6-7-8-9-10-11-12-13-15-16-14-4-2/h5-13,15H,3-4,14H2,1-2H3/b6-5-,8-7-,10-9-,12-11-,15-13-. The Hall–Kier alpha value is -1.50. The van der Waals surface area contributed by atoms with E-state index in [1.54, 1.807) is 6.26 Å². The maximum absolute atomic E-state index is 5.18. The predicted octanol–water partition coefficient (Wildman–Crippen LogP) is 4.56. The summed E-state index contributed by atoms with van der Waals surface area (Å²) in [5, 5.41) is 0. The molecule has 0 aromatic heterocycles. The molecule has 0 spiro atoms. The van der Waals surface area contributed by atoms with E-state index in [1.807, 2.05) is 48.6 Å². The van der Waals surface area contributed by atoms with Gasteiger partial charge in [-0.1, -0.05) is 62.5 Å². The summed E-state index contributed by atoms with van der Waals surface area (Å²) in [6.45, 7) is 4.99. The Labute approximate surface area is 99.5 Å². The van der Waals surface area contributed by atoms with Gasteiger partial charge in [-0.3, -0.25) is 0 Å². The molecule has 1 heteroatoms. The van der Waals surface area contributed by atoms with Crippen LogP contribution in [0.15, 0.2) is 60.9 Å². The Kier molecular flexibility index (Phi) is 12.2. The van der Waals surface area contributed by atoms with Crippen LogP contribution in [0.2, 0.25) is 0 Å². The molecule has 0 unspecified atom stereocenters. The van der Waals surface area contributed by atoms with Gasteiger partial charge in [-0.25, -0.2) is 0 Å². The monoisotopic (exact) mass is 218 g/mol.